The summed E-state index contributed by atoms with van der Waals surface area (Å²) in [6.07, 6.45) is 0. The van der Waals surface area contributed by atoms with E-state index in [-0.39, 0.29) is 43.1 Å². The first kappa shape index (κ1) is 45.7. The quantitative estimate of drug-likeness (QED) is 0.0794. The van der Waals surface area contributed by atoms with Crippen molar-refractivity contribution in [2.45, 2.75) is 39.8 Å². The Bertz CT molecular complexity index is 2020. The zero-order valence-corrected chi connectivity index (χ0v) is 35.8. The number of aliphatic hydroxyl groups excluding tert-OH is 2. The second kappa shape index (κ2) is 24.0. The predicted molar refractivity (Wildman–Crippen MR) is 245 cm³/mol. The Morgan fingerprint density at radius 1 is 0.534 bits per heavy atom. The molecule has 6 aromatic carbocycles. The Hall–Kier alpha value is -5.00. The molecule has 0 aliphatic heterocycles. The summed E-state index contributed by atoms with van der Waals surface area (Å²) in [5.74, 6) is 0.124. The van der Waals surface area contributed by atoms with Gasteiger partial charge in [0.1, 0.15) is 0 Å². The van der Waals surface area contributed by atoms with E-state index in [9.17, 15) is 14.7 Å². The fourth-order valence-electron chi connectivity index (χ4n) is 5.85. The van der Waals surface area contributed by atoms with Crippen LogP contribution < -0.4 is 42.9 Å². The molecular weight excluding hydrogens is 758 g/mol. The number of hydrogen-bond donors (Lipinski definition) is 4. The van der Waals surface area contributed by atoms with E-state index in [2.05, 4.69) is 53.8 Å². The fraction of sp³-hybridized carbons (Fsp3) is 0.224. The van der Waals surface area contributed by atoms with Crippen molar-refractivity contribution in [3.05, 3.63) is 181 Å². The molecular formula is C49H56N2O5P2. The second-order valence-corrected chi connectivity index (χ2v) is 18.5. The van der Waals surface area contributed by atoms with Crippen molar-refractivity contribution >= 4 is 59.5 Å². The van der Waals surface area contributed by atoms with Gasteiger partial charge >= 0.3 is 5.97 Å². The maximum Gasteiger partial charge on any atom is 0.338 e. The van der Waals surface area contributed by atoms with Gasteiger partial charge in [0, 0.05) is 11.6 Å². The zero-order chi connectivity index (χ0) is 41.9. The molecule has 1 amide bonds. The Morgan fingerprint density at radius 3 is 1.19 bits per heavy atom. The van der Waals surface area contributed by atoms with E-state index in [1.807, 2.05) is 149 Å². The molecule has 0 fully saturated rings. The van der Waals surface area contributed by atoms with Gasteiger partial charge in [0.05, 0.1) is 31.9 Å². The van der Waals surface area contributed by atoms with Crippen molar-refractivity contribution in [2.24, 2.45) is 17.6 Å². The van der Waals surface area contributed by atoms with E-state index >= 15 is 0 Å². The van der Waals surface area contributed by atoms with Crippen molar-refractivity contribution < 1.29 is 24.5 Å². The van der Waals surface area contributed by atoms with E-state index in [4.69, 9.17) is 15.6 Å². The molecule has 0 spiro atoms. The summed E-state index contributed by atoms with van der Waals surface area (Å²) in [6, 6.07) is 56.5. The second-order valence-electron chi connectivity index (χ2n) is 14.1. The number of ether oxygens (including phenoxy) is 1. The highest BCUT2D eigenvalue weighted by atomic mass is 31.1. The van der Waals surface area contributed by atoms with Crippen LogP contribution in [0.3, 0.4) is 0 Å². The minimum atomic E-state index is -0.867. The summed E-state index contributed by atoms with van der Waals surface area (Å²) >= 11 is 0. The summed E-state index contributed by atoms with van der Waals surface area (Å²) in [5, 5.41) is 27.9. The summed E-state index contributed by atoms with van der Waals surface area (Å²) < 4.78 is 4.97. The van der Waals surface area contributed by atoms with Crippen molar-refractivity contribution in [3.63, 3.8) is 0 Å². The van der Waals surface area contributed by atoms with Crippen molar-refractivity contribution in [2.75, 3.05) is 20.3 Å². The van der Waals surface area contributed by atoms with Gasteiger partial charge in [0.25, 0.3) is 5.91 Å². The lowest BCUT2D eigenvalue weighted by molar-refractivity contribution is 0.0602. The molecule has 9 heteroatoms. The molecule has 0 unspecified atom stereocenters. The molecule has 7 nitrogen and oxygen atoms in total. The van der Waals surface area contributed by atoms with E-state index in [0.717, 1.165) is 10.6 Å². The van der Waals surface area contributed by atoms with Crippen LogP contribution in [0.25, 0.3) is 0 Å². The number of methoxy groups -OCH3 is 1. The van der Waals surface area contributed by atoms with Crippen LogP contribution in [0.5, 0.6) is 0 Å². The largest absolute Gasteiger partial charge is 0.465 e. The van der Waals surface area contributed by atoms with E-state index in [0.29, 0.717) is 17.0 Å². The number of nitrogens with two attached hydrogens (primary N) is 1. The molecule has 58 heavy (non-hydrogen) atoms. The Labute approximate surface area is 346 Å². The molecule has 0 aliphatic carbocycles. The summed E-state index contributed by atoms with van der Waals surface area (Å²) in [5.41, 5.74) is 6.67. The van der Waals surface area contributed by atoms with Crippen LogP contribution in [0.1, 0.15) is 48.4 Å². The van der Waals surface area contributed by atoms with Crippen LogP contribution in [0.4, 0.5) is 0 Å². The maximum atomic E-state index is 13.1. The molecule has 302 valence electrons. The van der Waals surface area contributed by atoms with E-state index < -0.39 is 15.8 Å². The van der Waals surface area contributed by atoms with Gasteiger partial charge in [0.2, 0.25) is 0 Å². The molecule has 6 rings (SSSR count). The summed E-state index contributed by atoms with van der Waals surface area (Å²) in [4.78, 5) is 25.3. The van der Waals surface area contributed by atoms with Gasteiger partial charge in [-0.25, -0.2) is 4.79 Å². The van der Waals surface area contributed by atoms with Crippen molar-refractivity contribution in [1.29, 1.82) is 0 Å². The van der Waals surface area contributed by atoms with Gasteiger partial charge in [-0.2, -0.15) is 0 Å². The number of rotatable bonds is 13. The average molecular weight is 815 g/mol. The van der Waals surface area contributed by atoms with Crippen LogP contribution >= 0.6 is 15.8 Å². The highest BCUT2D eigenvalue weighted by Gasteiger charge is 2.25. The molecule has 2 atom stereocenters. The summed E-state index contributed by atoms with van der Waals surface area (Å²) in [7, 11) is -0.250. The minimum absolute atomic E-state index is 0.0417. The molecule has 0 heterocycles. The number of benzene rings is 6. The van der Waals surface area contributed by atoms with Gasteiger partial charge in [-0.3, -0.25) is 4.79 Å². The van der Waals surface area contributed by atoms with Crippen molar-refractivity contribution in [1.82, 2.24) is 5.32 Å². The standard InChI is InChI=1S/C24H26NO2P.C20H17O2P.C5H13NO/c1-18(2)22(17-26)25-24(27)21-15-9-10-16-23(21)28(19-11-5-3-6-12-19)20-13-7-4-8-14-20;1-22-20(21)18-14-8-9-15-19(18)23(16-10-4-2-5-11-16)17-12-6-3-7-13-17;1-4(2)5(6)3-7/h3-16,18,22,26H,17H2,1-2H3,(H,25,27);2-15H,1H3;4-5,7H,3,6H2,1-2H3/t22-;;5-/m0.0/s1. The highest BCUT2D eigenvalue weighted by molar-refractivity contribution is 7.80. The fourth-order valence-corrected chi connectivity index (χ4v) is 10.7. The van der Waals surface area contributed by atoms with Gasteiger partial charge in [0.15, 0.2) is 0 Å². The number of nitrogens with one attached hydrogen (secondary N) is 1. The van der Waals surface area contributed by atoms with Crippen LogP contribution in [0.15, 0.2) is 170 Å². The van der Waals surface area contributed by atoms with Gasteiger partial charge < -0.3 is 26.0 Å². The first-order valence-electron chi connectivity index (χ1n) is 19.5. The number of esters is 1. The van der Waals surface area contributed by atoms with Crippen LogP contribution in [0.2, 0.25) is 0 Å². The molecule has 0 saturated carbocycles. The first-order chi connectivity index (χ1) is 28.1. The maximum absolute atomic E-state index is 13.1. The highest BCUT2D eigenvalue weighted by Crippen LogP contribution is 2.35. The smallest absolute Gasteiger partial charge is 0.338 e. The third kappa shape index (κ3) is 13.0. The molecule has 0 aliphatic rings. The molecule has 0 radical (unpaired) electrons. The third-order valence-electron chi connectivity index (χ3n) is 9.38. The van der Waals surface area contributed by atoms with E-state index in [1.165, 1.54) is 28.3 Å². The predicted octanol–water partition coefficient (Wildman–Crippen LogP) is 6.38. The van der Waals surface area contributed by atoms with E-state index in [1.54, 1.807) is 0 Å². The molecule has 0 bridgehead atoms. The lowest BCUT2D eigenvalue weighted by Crippen LogP contribution is -2.42. The van der Waals surface area contributed by atoms with Crippen molar-refractivity contribution in [3.8, 4) is 0 Å². The van der Waals surface area contributed by atoms with Gasteiger partial charge in [-0.15, -0.1) is 0 Å². The monoisotopic (exact) mass is 814 g/mol. The number of carbonyl (C=O) groups excluding carboxylic acids is 2. The number of carbonyl (C=O) groups is 2. The topological polar surface area (TPSA) is 122 Å². The zero-order valence-electron chi connectivity index (χ0n) is 34.0. The molecule has 0 aromatic heterocycles. The van der Waals surface area contributed by atoms with Gasteiger partial charge in [-0.05, 0) is 71.6 Å². The molecule has 0 saturated heterocycles. The molecule has 6 aromatic rings. The first-order valence-corrected chi connectivity index (χ1v) is 22.1. The Balaban J connectivity index is 0.000000223. The Kier molecular flexibility index (Phi) is 18.9. The lowest BCUT2D eigenvalue weighted by Gasteiger charge is -2.24. The molecule has 5 N–H and O–H groups in total. The Morgan fingerprint density at radius 2 is 0.879 bits per heavy atom. The minimum Gasteiger partial charge on any atom is -0.465 e. The van der Waals surface area contributed by atoms with Crippen LogP contribution in [-0.4, -0.2) is 54.5 Å². The van der Waals surface area contributed by atoms with Crippen LogP contribution in [-0.2, 0) is 4.74 Å². The number of aliphatic hydroxyl groups is 2. The normalized spacial score (nSPS) is 11.9. The van der Waals surface area contributed by atoms with Gasteiger partial charge in [-0.1, -0.05) is 185 Å². The lowest BCUT2D eigenvalue weighted by atomic mass is 10.0. The number of amides is 1. The number of hydrogen-bond acceptors (Lipinski definition) is 6. The van der Waals surface area contributed by atoms with Crippen LogP contribution in [0, 0.1) is 11.8 Å². The SMILES string of the molecule is CC(C)[C@@H](N)CO.CC(C)[C@H](CO)NC(=O)c1ccccc1P(c1ccccc1)c1ccccc1.COC(=O)c1ccccc1P(c1ccccc1)c1ccccc1. The third-order valence-corrected chi connectivity index (χ3v) is 14.4. The average Bonchev–Trinajstić information content (AvgIpc) is 3.27. The summed E-state index contributed by atoms with van der Waals surface area (Å²) in [6.45, 7) is 7.99.